The van der Waals surface area contributed by atoms with E-state index >= 15 is 0 Å². The van der Waals surface area contributed by atoms with Crippen LogP contribution in [0.3, 0.4) is 0 Å². The van der Waals surface area contributed by atoms with Crippen molar-refractivity contribution in [3.8, 4) is 67.0 Å². The van der Waals surface area contributed by atoms with E-state index in [-0.39, 0.29) is 0 Å². The van der Waals surface area contributed by atoms with Crippen molar-refractivity contribution >= 4 is 235 Å². The van der Waals surface area contributed by atoms with Gasteiger partial charge in [-0.25, -0.2) is 0 Å². The average molecular weight is 1960 g/mol. The van der Waals surface area contributed by atoms with Crippen LogP contribution in [0, 0.1) is 0 Å². The van der Waals surface area contributed by atoms with Crippen LogP contribution in [-0.2, 0) is 0 Å². The molecule has 22 aromatic carbocycles. The van der Waals surface area contributed by atoms with Gasteiger partial charge in [-0.15, -0.1) is 22.7 Å². The van der Waals surface area contributed by atoms with E-state index in [4.69, 9.17) is 22.1 Å². The molecule has 0 radical (unpaired) electrons. The molecule has 0 spiro atoms. The number of hydrogen-bond acceptors (Lipinski definition) is 10. The van der Waals surface area contributed by atoms with Crippen molar-refractivity contribution in [1.82, 2.24) is 9.13 Å². The van der Waals surface area contributed by atoms with Gasteiger partial charge in [0.1, 0.15) is 27.9 Å². The predicted octanol–water partition coefficient (Wildman–Crippen LogP) is 40.8. The number of aromatic nitrogens is 2. The summed E-state index contributed by atoms with van der Waals surface area (Å²) in [6.45, 7) is 0. The minimum absolute atomic E-state index is 0.784. The molecule has 0 unspecified atom stereocenters. The lowest BCUT2D eigenvalue weighted by atomic mass is 10.0. The van der Waals surface area contributed by atoms with E-state index in [2.05, 4.69) is 503 Å². The molecule has 0 aliphatic heterocycles. The predicted molar refractivity (Wildman–Crippen MR) is 629 cm³/mol. The number of rotatable bonds is 16. The molecular weight excluding hydrogens is 1870 g/mol. The molecule has 0 aliphatic rings. The third kappa shape index (κ3) is 15.2. The van der Waals surface area contributed by atoms with E-state index in [0.717, 1.165) is 151 Å². The van der Waals surface area contributed by atoms with Crippen LogP contribution >= 0.6 is 22.7 Å². The Bertz CT molecular complexity index is 10600. The zero-order chi connectivity index (χ0) is 98.8. The summed E-state index contributed by atoms with van der Waals surface area (Å²) in [7, 11) is 0. The van der Waals surface area contributed by atoms with Crippen molar-refractivity contribution in [1.29, 1.82) is 0 Å². The van der Waals surface area contributed by atoms with Gasteiger partial charge in [-0.3, -0.25) is 0 Å². The van der Waals surface area contributed by atoms with Gasteiger partial charge >= 0.3 is 0 Å². The Kier molecular flexibility index (Phi) is 21.1. The summed E-state index contributed by atoms with van der Waals surface area (Å²) in [6.07, 6.45) is 0. The second-order valence-corrected chi connectivity index (χ2v) is 40.2. The lowest BCUT2D eigenvalue weighted by Gasteiger charge is -2.26. The highest BCUT2D eigenvalue weighted by molar-refractivity contribution is 7.26. The highest BCUT2D eigenvalue weighted by Crippen LogP contribution is 2.50. The van der Waals surface area contributed by atoms with Gasteiger partial charge in [0.2, 0.25) is 0 Å². The van der Waals surface area contributed by atoms with Gasteiger partial charge < -0.3 is 45.9 Å². The number of furan rings is 5. The van der Waals surface area contributed by atoms with Crippen LogP contribution in [0.5, 0.6) is 0 Å². The summed E-state index contributed by atoms with van der Waals surface area (Å²) in [5.41, 5.74) is 36.8. The highest BCUT2D eigenvalue weighted by Gasteiger charge is 2.27. The first-order chi connectivity index (χ1) is 74.3. The highest BCUT2D eigenvalue weighted by atomic mass is 32.1. The minimum atomic E-state index is 0.784. The second-order valence-electron chi connectivity index (χ2n) is 38.1. The van der Waals surface area contributed by atoms with E-state index in [1.54, 1.807) is 11.3 Å². The summed E-state index contributed by atoms with van der Waals surface area (Å²) in [6, 6.07) is 187. The lowest BCUT2D eigenvalue weighted by Crippen LogP contribution is -2.09. The van der Waals surface area contributed by atoms with Crippen molar-refractivity contribution in [2.24, 2.45) is 0 Å². The molecule has 10 nitrogen and oxygen atoms in total. The molecule has 150 heavy (non-hydrogen) atoms. The molecule has 0 aliphatic carbocycles. The molecule has 0 atom stereocenters. The Morgan fingerprint density at radius 2 is 0.427 bits per heavy atom. The largest absolute Gasteiger partial charge is 0.454 e. The topological polar surface area (TPSA) is 85.3 Å². The van der Waals surface area contributed by atoms with E-state index in [9.17, 15) is 0 Å². The maximum atomic E-state index is 6.60. The zero-order valence-corrected chi connectivity index (χ0v) is 82.5. The van der Waals surface area contributed by atoms with Crippen LogP contribution in [0.15, 0.2) is 550 Å². The Hall–Kier alpha value is -19.5. The third-order valence-corrected chi connectivity index (χ3v) is 31.6. The smallest absolute Gasteiger partial charge is 0.181 e. The first-order valence-corrected chi connectivity index (χ1v) is 52.1. The van der Waals surface area contributed by atoms with Gasteiger partial charge in [-0.1, -0.05) is 285 Å². The summed E-state index contributed by atoms with van der Waals surface area (Å²) >= 11 is 3.65. The maximum absolute atomic E-state index is 6.60. The molecule has 0 fully saturated rings. The number of nitrogens with zero attached hydrogens (tertiary/aromatic N) is 5. The van der Waals surface area contributed by atoms with Gasteiger partial charge in [0.05, 0.1) is 48.3 Å². The van der Waals surface area contributed by atoms with E-state index in [1.165, 1.54) is 129 Å². The number of benzene rings is 22. The first kappa shape index (κ1) is 87.1. The lowest BCUT2D eigenvalue weighted by molar-refractivity contribution is 0.653. The Labute approximate surface area is 869 Å². The normalized spacial score (nSPS) is 11.7. The molecule has 12 heteroatoms. The maximum Gasteiger partial charge on any atom is 0.181 e. The molecule has 0 saturated heterocycles. The molecule has 9 aromatic heterocycles. The monoisotopic (exact) mass is 1960 g/mol. The Balaban J connectivity index is 0.000000106. The molecular formula is C138H87N5O5S2. The molecule has 706 valence electrons. The molecule has 31 rings (SSSR count). The van der Waals surface area contributed by atoms with Crippen molar-refractivity contribution in [3.05, 3.63) is 528 Å². The fraction of sp³-hybridized carbons (Fsp3) is 0. The van der Waals surface area contributed by atoms with Crippen LogP contribution in [0.1, 0.15) is 0 Å². The number of fused-ring (bicyclic) bond motifs is 24. The molecule has 0 saturated carbocycles. The van der Waals surface area contributed by atoms with E-state index in [0.29, 0.717) is 0 Å². The fourth-order valence-electron chi connectivity index (χ4n) is 22.1. The minimum Gasteiger partial charge on any atom is -0.454 e. The second kappa shape index (κ2) is 36.4. The van der Waals surface area contributed by atoms with Crippen molar-refractivity contribution < 1.29 is 22.1 Å². The number of anilines is 9. The van der Waals surface area contributed by atoms with Gasteiger partial charge in [0, 0.05) is 132 Å². The first-order valence-electron chi connectivity index (χ1n) is 50.5. The summed E-state index contributed by atoms with van der Waals surface area (Å²) < 4.78 is 41.6. The molecule has 0 N–H and O–H groups in total. The van der Waals surface area contributed by atoms with E-state index < -0.39 is 0 Å². The van der Waals surface area contributed by atoms with Gasteiger partial charge in [-0.2, -0.15) is 0 Å². The number of hydrogen-bond donors (Lipinski definition) is 0. The van der Waals surface area contributed by atoms with Crippen LogP contribution < -0.4 is 14.7 Å². The number of para-hydroxylation sites is 7. The molecule has 0 amide bonds. The van der Waals surface area contributed by atoms with Gasteiger partial charge in [-0.05, 0) is 286 Å². The number of thiophene rings is 2. The van der Waals surface area contributed by atoms with Crippen molar-refractivity contribution in [2.75, 3.05) is 14.7 Å². The zero-order valence-electron chi connectivity index (χ0n) is 80.8. The van der Waals surface area contributed by atoms with Gasteiger partial charge in [0.25, 0.3) is 0 Å². The fourth-order valence-corrected chi connectivity index (χ4v) is 24.4. The van der Waals surface area contributed by atoms with Crippen LogP contribution in [0.4, 0.5) is 51.2 Å². The molecule has 31 aromatic rings. The summed E-state index contributed by atoms with van der Waals surface area (Å²) in [5.74, 6) is 0. The quantitative estimate of drug-likeness (QED) is 0.0946. The van der Waals surface area contributed by atoms with E-state index in [1.807, 2.05) is 59.9 Å². The van der Waals surface area contributed by atoms with Crippen LogP contribution in [0.2, 0.25) is 0 Å². The molecule has 9 heterocycles. The van der Waals surface area contributed by atoms with Crippen molar-refractivity contribution in [3.63, 3.8) is 0 Å². The standard InChI is InChI=1S/C50H32N2OS.C44H28N2O2.C44H27NO2S/c1-3-11-33(12-4-1)34-19-24-38(25-20-34)51(40-28-29-42-47(32-40)53-49-43-16-8-10-18-48(43)54-50(42)49)39-26-21-35(22-27-39)36-23-30-46-44(31-36)41-15-7-9-17-45(41)52(46)37-13-5-2-6-14-37;1-3-11-29(12-4-1)30-19-21-32(22-20-30)45(34-23-25-37-42(28-34)48-43-36-16-8-10-18-41(36)47-44(37)43)33-24-26-40-38(27-33)35-15-7-9-17-39(35)46(40)31-13-5-2-6-14-31;1-2-8-32(9-3-1)45(33-20-14-28(15-21-33)30-19-25-42-38(26-30)35-10-5-7-13-41(35)48-42)34-22-16-29(17-23-34)31-18-24-37-40(27-31)47-43-36-11-4-6-12-39(36)46-44(37)43/h1-32H;1-28H;1-27H. The molecule has 0 bridgehead atoms. The van der Waals surface area contributed by atoms with Crippen LogP contribution in [-0.4, -0.2) is 9.13 Å². The average Bonchev–Trinajstić information content (AvgIpc) is 1.59. The van der Waals surface area contributed by atoms with Gasteiger partial charge in [0.15, 0.2) is 27.9 Å². The van der Waals surface area contributed by atoms with Crippen LogP contribution in [0.25, 0.3) is 228 Å². The summed E-state index contributed by atoms with van der Waals surface area (Å²) in [5, 5.41) is 13.8. The SMILES string of the molecule is c1ccc(-c2ccc(N(c3ccc(-c4ccc5c(c4)c4ccccc4n5-c4ccccc4)cc3)c3ccc4c(c3)oc3c5ccccc5sc43)cc2)cc1.c1ccc(-c2ccc(N(c3ccc4c(c3)oc3c5ccccc5oc43)c3ccc4c(c3)c3ccccc3n4-c3ccccc3)cc2)cc1.c1ccc(N(c2ccc(-c3ccc4c(c3)oc3c5ccccc5oc43)cc2)c2ccc(-c3ccc4sc5ccccc5c4c3)cc2)cc1. The third-order valence-electron chi connectivity index (χ3n) is 29.3. The Morgan fingerprint density at radius 3 is 0.933 bits per heavy atom. The summed E-state index contributed by atoms with van der Waals surface area (Å²) in [4.78, 5) is 6.94. The Morgan fingerprint density at radius 1 is 0.147 bits per heavy atom. The van der Waals surface area contributed by atoms with Crippen molar-refractivity contribution in [2.45, 2.75) is 0 Å².